The number of aromatic nitrogens is 3. The molecule has 1 aromatic carbocycles. The number of dihydropyridines is 1. The molecule has 3 atom stereocenters. The number of hydrogen-bond acceptors (Lipinski definition) is 6. The molecule has 1 N–H and O–H groups in total. The number of methoxy groups -OCH3 is 1. The van der Waals surface area contributed by atoms with E-state index in [4.69, 9.17) is 21.3 Å². The Balaban J connectivity index is 1.47. The molecule has 0 amide bonds. The summed E-state index contributed by atoms with van der Waals surface area (Å²) in [6.45, 7) is 2.08. The van der Waals surface area contributed by atoms with Crippen molar-refractivity contribution >= 4 is 38.9 Å². The number of hydrogen-bond donors (Lipinski definition) is 1. The fraction of sp³-hybridized carbons (Fsp3) is 0.233. The molecular formula is C30H27ClN4O2S. The van der Waals surface area contributed by atoms with Gasteiger partial charge in [-0.3, -0.25) is 4.98 Å². The van der Waals surface area contributed by atoms with Crippen LogP contribution in [0.2, 0.25) is 0 Å². The third-order valence-electron chi connectivity index (χ3n) is 7.26. The van der Waals surface area contributed by atoms with Crippen molar-refractivity contribution in [1.29, 1.82) is 0 Å². The van der Waals surface area contributed by atoms with Crippen LogP contribution in [-0.4, -0.2) is 38.7 Å². The van der Waals surface area contributed by atoms with E-state index in [9.17, 15) is 5.11 Å². The minimum atomic E-state index is -1.52. The molecule has 0 spiro atoms. The van der Waals surface area contributed by atoms with Gasteiger partial charge in [-0.15, -0.1) is 11.3 Å². The summed E-state index contributed by atoms with van der Waals surface area (Å²) < 4.78 is 8.80. The van der Waals surface area contributed by atoms with Gasteiger partial charge in [0.05, 0.1) is 42.1 Å². The van der Waals surface area contributed by atoms with Gasteiger partial charge in [-0.25, -0.2) is 9.98 Å². The number of imidazole rings is 1. The fourth-order valence-corrected chi connectivity index (χ4v) is 6.76. The second-order valence-corrected chi connectivity index (χ2v) is 11.2. The predicted molar refractivity (Wildman–Crippen MR) is 152 cm³/mol. The van der Waals surface area contributed by atoms with Crippen LogP contribution in [0.1, 0.15) is 23.2 Å². The molecule has 3 unspecified atom stereocenters. The Morgan fingerprint density at radius 2 is 2.00 bits per heavy atom. The first-order valence-corrected chi connectivity index (χ1v) is 13.6. The van der Waals surface area contributed by atoms with Crippen molar-refractivity contribution in [2.75, 3.05) is 7.11 Å². The van der Waals surface area contributed by atoms with E-state index in [1.54, 1.807) is 37.2 Å². The van der Waals surface area contributed by atoms with Crippen LogP contribution < -0.4 is 0 Å². The van der Waals surface area contributed by atoms with Crippen molar-refractivity contribution in [3.63, 3.8) is 0 Å². The van der Waals surface area contributed by atoms with E-state index in [2.05, 4.69) is 41.2 Å². The molecule has 6 rings (SSSR count). The van der Waals surface area contributed by atoms with Crippen LogP contribution in [0.4, 0.5) is 0 Å². The molecule has 3 aromatic heterocycles. The SMILES string of the molecule is COC1=NC2C(=CC(C(O)(c3ccccn3)c3cncn3C)=CC2C)C(Cl)=C1Cc1cc2ccccc2s1. The van der Waals surface area contributed by atoms with Crippen LogP contribution in [0, 0.1) is 5.92 Å². The van der Waals surface area contributed by atoms with E-state index in [-0.39, 0.29) is 12.0 Å². The van der Waals surface area contributed by atoms with Crippen LogP contribution in [0.25, 0.3) is 10.1 Å². The molecule has 0 bridgehead atoms. The number of ether oxygens (including phenoxy) is 1. The Labute approximate surface area is 230 Å². The molecule has 1 aliphatic heterocycles. The highest BCUT2D eigenvalue weighted by atomic mass is 35.5. The third-order valence-corrected chi connectivity index (χ3v) is 8.83. The van der Waals surface area contributed by atoms with Crippen molar-refractivity contribution < 1.29 is 9.84 Å². The van der Waals surface area contributed by atoms with Crippen molar-refractivity contribution in [3.05, 3.63) is 117 Å². The Hall–Kier alpha value is -3.52. The van der Waals surface area contributed by atoms with Crippen molar-refractivity contribution in [2.24, 2.45) is 18.0 Å². The largest absolute Gasteiger partial charge is 0.481 e. The summed E-state index contributed by atoms with van der Waals surface area (Å²) in [6.07, 6.45) is 9.66. The second-order valence-electron chi connectivity index (χ2n) is 9.70. The van der Waals surface area contributed by atoms with Gasteiger partial charge in [-0.2, -0.15) is 0 Å². The highest BCUT2D eigenvalue weighted by Gasteiger charge is 2.43. The molecular weight excluding hydrogens is 516 g/mol. The number of aryl methyl sites for hydroxylation is 1. The molecule has 2 aliphatic rings. The lowest BCUT2D eigenvalue weighted by molar-refractivity contribution is 0.110. The Kier molecular flexibility index (Phi) is 6.30. The summed E-state index contributed by atoms with van der Waals surface area (Å²) in [4.78, 5) is 15.0. The number of benzene rings is 1. The monoisotopic (exact) mass is 542 g/mol. The molecule has 8 heteroatoms. The molecule has 0 radical (unpaired) electrons. The first kappa shape index (κ1) is 24.8. The van der Waals surface area contributed by atoms with Gasteiger partial charge in [-0.1, -0.05) is 48.9 Å². The van der Waals surface area contributed by atoms with Crippen LogP contribution >= 0.6 is 22.9 Å². The summed E-state index contributed by atoms with van der Waals surface area (Å²) in [6, 6.07) is 15.9. The summed E-state index contributed by atoms with van der Waals surface area (Å²) in [7, 11) is 3.50. The number of thiophene rings is 1. The normalized spacial score (nSPS) is 20.9. The van der Waals surface area contributed by atoms with Gasteiger partial charge in [0.25, 0.3) is 0 Å². The number of fused-ring (bicyclic) bond motifs is 2. The lowest BCUT2D eigenvalue weighted by Crippen LogP contribution is -2.37. The second kappa shape index (κ2) is 9.66. The maximum Gasteiger partial charge on any atom is 0.214 e. The van der Waals surface area contributed by atoms with Crippen LogP contribution in [0.5, 0.6) is 0 Å². The molecule has 0 saturated carbocycles. The molecule has 1 aliphatic carbocycles. The first-order chi connectivity index (χ1) is 18.4. The average Bonchev–Trinajstić information content (AvgIpc) is 3.56. The van der Waals surface area contributed by atoms with Crippen LogP contribution in [0.3, 0.4) is 0 Å². The van der Waals surface area contributed by atoms with Gasteiger partial charge in [0.1, 0.15) is 0 Å². The number of pyridine rings is 1. The quantitative estimate of drug-likeness (QED) is 0.339. The van der Waals surface area contributed by atoms with E-state index >= 15 is 0 Å². The van der Waals surface area contributed by atoms with Gasteiger partial charge in [0.15, 0.2) is 5.60 Å². The fourth-order valence-electron chi connectivity index (χ4n) is 5.37. The van der Waals surface area contributed by atoms with Crippen LogP contribution in [0.15, 0.2) is 106 Å². The number of aliphatic hydroxyl groups is 1. The summed E-state index contributed by atoms with van der Waals surface area (Å²) >= 11 is 8.92. The number of aliphatic imine (C=N–C) groups is 1. The van der Waals surface area contributed by atoms with E-state index in [0.29, 0.717) is 34.3 Å². The van der Waals surface area contributed by atoms with Gasteiger partial charge < -0.3 is 14.4 Å². The molecule has 192 valence electrons. The predicted octanol–water partition coefficient (Wildman–Crippen LogP) is 5.93. The highest BCUT2D eigenvalue weighted by Crippen LogP contribution is 2.45. The Bertz CT molecular complexity index is 1620. The van der Waals surface area contributed by atoms with Crippen molar-refractivity contribution in [1.82, 2.24) is 14.5 Å². The molecule has 0 saturated heterocycles. The van der Waals surface area contributed by atoms with Gasteiger partial charge in [-0.05, 0) is 46.9 Å². The van der Waals surface area contributed by atoms with Gasteiger partial charge in [0.2, 0.25) is 5.90 Å². The van der Waals surface area contributed by atoms with E-state index in [0.717, 1.165) is 11.1 Å². The minimum absolute atomic E-state index is 0.0433. The zero-order valence-corrected chi connectivity index (χ0v) is 22.9. The number of rotatable bonds is 5. The zero-order valence-electron chi connectivity index (χ0n) is 21.3. The topological polar surface area (TPSA) is 72.5 Å². The average molecular weight is 543 g/mol. The number of nitrogens with zero attached hydrogens (tertiary/aromatic N) is 4. The Morgan fingerprint density at radius 1 is 1.18 bits per heavy atom. The van der Waals surface area contributed by atoms with Crippen molar-refractivity contribution in [2.45, 2.75) is 25.0 Å². The Morgan fingerprint density at radius 3 is 2.71 bits per heavy atom. The molecule has 4 aromatic rings. The van der Waals surface area contributed by atoms with E-state index in [1.807, 2.05) is 48.0 Å². The first-order valence-electron chi connectivity index (χ1n) is 12.4. The molecule has 38 heavy (non-hydrogen) atoms. The summed E-state index contributed by atoms with van der Waals surface area (Å²) in [5.41, 5.74) is 2.01. The maximum absolute atomic E-state index is 12.4. The minimum Gasteiger partial charge on any atom is -0.481 e. The molecule has 6 nitrogen and oxygen atoms in total. The van der Waals surface area contributed by atoms with E-state index in [1.165, 1.54) is 15.0 Å². The van der Waals surface area contributed by atoms with Crippen LogP contribution in [-0.2, 0) is 23.8 Å². The van der Waals surface area contributed by atoms with E-state index < -0.39 is 5.60 Å². The summed E-state index contributed by atoms with van der Waals surface area (Å²) in [5.74, 6) is 0.517. The smallest absolute Gasteiger partial charge is 0.214 e. The maximum atomic E-state index is 12.4. The van der Waals surface area contributed by atoms with Crippen molar-refractivity contribution in [3.8, 4) is 0 Å². The standard InChI is InChI=1S/C30H27ClN4O2S/c1-18-12-20(30(36,25-10-6-7-11-33-25)26-16-32-17-35(26)2)14-22-27(31)23(29(37-3)34-28(18)22)15-21-13-19-8-4-5-9-24(19)38-21/h4-14,16-18,28,36H,15H2,1-3H3. The summed E-state index contributed by atoms with van der Waals surface area (Å²) in [5, 5.41) is 14.2. The lowest BCUT2D eigenvalue weighted by Gasteiger charge is -2.36. The van der Waals surface area contributed by atoms with Gasteiger partial charge >= 0.3 is 0 Å². The molecule has 4 heterocycles. The highest BCUT2D eigenvalue weighted by molar-refractivity contribution is 7.19. The zero-order chi connectivity index (χ0) is 26.4. The molecule has 0 fully saturated rings. The number of halogens is 1. The lowest BCUT2D eigenvalue weighted by atomic mass is 9.76. The third kappa shape index (κ3) is 4.02. The van der Waals surface area contributed by atoms with Gasteiger partial charge in [0, 0.05) is 40.7 Å².